The first-order valence-electron chi connectivity index (χ1n) is 7.76. The standard InChI is InChI=1S/C14H20O4.C2H6/c1-13-4-5-14(17-6-7-18-14)8-11(13)3-2-10(9-15)12(13)16;1-2/h9,11,15H,2-8H2,1H3;1-2H3/b10-9+;. The molecule has 1 aliphatic heterocycles. The van der Waals surface area contributed by atoms with Gasteiger partial charge in [-0.25, -0.2) is 0 Å². The second kappa shape index (κ2) is 5.86. The zero-order valence-electron chi connectivity index (χ0n) is 12.8. The molecule has 2 aliphatic carbocycles. The minimum Gasteiger partial charge on any atom is -0.515 e. The number of ketones is 1. The molecule has 1 spiro atoms. The van der Waals surface area contributed by atoms with Crippen molar-refractivity contribution in [3.63, 3.8) is 0 Å². The van der Waals surface area contributed by atoms with Crippen molar-refractivity contribution in [3.8, 4) is 0 Å². The molecule has 0 aromatic heterocycles. The molecule has 3 aliphatic rings. The highest BCUT2D eigenvalue weighted by Crippen LogP contribution is 2.54. The second-order valence-corrected chi connectivity index (χ2v) is 5.95. The summed E-state index contributed by atoms with van der Waals surface area (Å²) < 4.78 is 11.5. The monoisotopic (exact) mass is 282 g/mol. The van der Waals surface area contributed by atoms with Gasteiger partial charge in [0, 0.05) is 23.8 Å². The lowest BCUT2D eigenvalue weighted by atomic mass is 9.57. The van der Waals surface area contributed by atoms with E-state index in [9.17, 15) is 4.79 Å². The van der Waals surface area contributed by atoms with Gasteiger partial charge >= 0.3 is 0 Å². The molecule has 0 aromatic rings. The fraction of sp³-hybridized carbons (Fsp3) is 0.812. The minimum absolute atomic E-state index is 0.120. The summed E-state index contributed by atoms with van der Waals surface area (Å²) >= 11 is 0. The summed E-state index contributed by atoms with van der Waals surface area (Å²) in [5, 5.41) is 9.14. The van der Waals surface area contributed by atoms with E-state index in [1.807, 2.05) is 20.8 Å². The maximum Gasteiger partial charge on any atom is 0.168 e. The molecule has 114 valence electrons. The second-order valence-electron chi connectivity index (χ2n) is 5.95. The molecule has 3 fully saturated rings. The average Bonchev–Trinajstić information content (AvgIpc) is 2.93. The number of aliphatic hydroxyl groups is 1. The largest absolute Gasteiger partial charge is 0.515 e. The van der Waals surface area contributed by atoms with Gasteiger partial charge in [0.25, 0.3) is 0 Å². The van der Waals surface area contributed by atoms with E-state index in [1.165, 1.54) is 0 Å². The minimum atomic E-state index is -0.426. The average molecular weight is 282 g/mol. The van der Waals surface area contributed by atoms with Gasteiger partial charge in [-0.3, -0.25) is 4.79 Å². The van der Waals surface area contributed by atoms with Crippen LogP contribution in [-0.2, 0) is 14.3 Å². The van der Waals surface area contributed by atoms with Gasteiger partial charge in [-0.15, -0.1) is 0 Å². The summed E-state index contributed by atoms with van der Waals surface area (Å²) in [6.45, 7) is 7.36. The number of hydrogen-bond donors (Lipinski definition) is 1. The lowest BCUT2D eigenvalue weighted by molar-refractivity contribution is -0.207. The molecule has 2 atom stereocenters. The predicted molar refractivity (Wildman–Crippen MR) is 76.4 cm³/mol. The van der Waals surface area contributed by atoms with Gasteiger partial charge < -0.3 is 14.6 Å². The lowest BCUT2D eigenvalue weighted by Crippen LogP contribution is -2.50. The molecule has 1 N–H and O–H groups in total. The van der Waals surface area contributed by atoms with Gasteiger partial charge in [0.05, 0.1) is 19.5 Å². The molecule has 1 heterocycles. The molecule has 0 radical (unpaired) electrons. The SMILES string of the molecule is CC.CC12CCC3(CC1CC/C(=C\O)C2=O)OCCO3. The van der Waals surface area contributed by atoms with Crippen LogP contribution in [-0.4, -0.2) is 29.9 Å². The highest BCUT2D eigenvalue weighted by molar-refractivity contribution is 6.00. The highest BCUT2D eigenvalue weighted by atomic mass is 16.7. The van der Waals surface area contributed by atoms with Crippen LogP contribution >= 0.6 is 0 Å². The lowest BCUT2D eigenvalue weighted by Gasteiger charge is -2.49. The molecule has 3 rings (SSSR count). The molecular weight excluding hydrogens is 256 g/mol. The van der Waals surface area contributed by atoms with Crippen molar-refractivity contribution >= 4 is 5.78 Å². The number of rotatable bonds is 0. The first-order valence-corrected chi connectivity index (χ1v) is 7.76. The van der Waals surface area contributed by atoms with Crippen LogP contribution < -0.4 is 0 Å². The fourth-order valence-electron chi connectivity index (χ4n) is 3.77. The maximum atomic E-state index is 12.4. The van der Waals surface area contributed by atoms with Crippen LogP contribution in [0, 0.1) is 11.3 Å². The van der Waals surface area contributed by atoms with E-state index < -0.39 is 5.79 Å². The molecule has 4 heteroatoms. The van der Waals surface area contributed by atoms with Gasteiger partial charge in [-0.05, 0) is 25.2 Å². The van der Waals surface area contributed by atoms with Crippen LogP contribution in [0.2, 0.25) is 0 Å². The Labute approximate surface area is 121 Å². The van der Waals surface area contributed by atoms with E-state index in [4.69, 9.17) is 14.6 Å². The molecular formula is C16H26O4. The molecule has 2 saturated carbocycles. The number of fused-ring (bicyclic) bond motifs is 1. The van der Waals surface area contributed by atoms with Crippen molar-refractivity contribution in [2.45, 2.75) is 58.7 Å². The Morgan fingerprint density at radius 2 is 1.90 bits per heavy atom. The summed E-state index contributed by atoms with van der Waals surface area (Å²) in [4.78, 5) is 12.4. The van der Waals surface area contributed by atoms with Gasteiger partial charge in [0.15, 0.2) is 11.6 Å². The number of Topliss-reactive ketones (excluding diaryl/α,β-unsaturated/α-hetero) is 1. The first-order chi connectivity index (χ1) is 9.60. The topological polar surface area (TPSA) is 55.8 Å². The number of ether oxygens (including phenoxy) is 2. The van der Waals surface area contributed by atoms with Gasteiger partial charge in [-0.2, -0.15) is 0 Å². The Kier molecular flexibility index (Phi) is 4.55. The van der Waals surface area contributed by atoms with E-state index in [0.717, 1.165) is 31.9 Å². The number of aliphatic hydroxyl groups excluding tert-OH is 1. The molecule has 0 aromatic carbocycles. The van der Waals surface area contributed by atoms with Crippen molar-refractivity contribution in [1.29, 1.82) is 0 Å². The predicted octanol–water partition coefficient (Wildman–Crippen LogP) is 3.37. The number of carbonyl (C=O) groups is 1. The maximum absolute atomic E-state index is 12.4. The molecule has 2 unspecified atom stereocenters. The van der Waals surface area contributed by atoms with Gasteiger partial charge in [0.2, 0.25) is 0 Å². The Balaban J connectivity index is 0.000000704. The molecule has 0 amide bonds. The van der Waals surface area contributed by atoms with Crippen LogP contribution in [0.25, 0.3) is 0 Å². The molecule has 4 nitrogen and oxygen atoms in total. The van der Waals surface area contributed by atoms with Crippen LogP contribution in [0.5, 0.6) is 0 Å². The van der Waals surface area contributed by atoms with Crippen molar-refractivity contribution in [2.24, 2.45) is 11.3 Å². The first kappa shape index (κ1) is 15.5. The van der Waals surface area contributed by atoms with E-state index >= 15 is 0 Å². The van der Waals surface area contributed by atoms with E-state index in [-0.39, 0.29) is 11.2 Å². The smallest absolute Gasteiger partial charge is 0.168 e. The molecule has 1 saturated heterocycles. The number of hydrogen-bond acceptors (Lipinski definition) is 4. The van der Waals surface area contributed by atoms with E-state index in [1.54, 1.807) is 0 Å². The Morgan fingerprint density at radius 1 is 1.25 bits per heavy atom. The van der Waals surface area contributed by atoms with Crippen molar-refractivity contribution in [2.75, 3.05) is 13.2 Å². The summed E-state index contributed by atoms with van der Waals surface area (Å²) in [6.07, 6.45) is 4.98. The normalized spacial score (nSPS) is 37.5. The third-order valence-electron chi connectivity index (χ3n) is 5.03. The zero-order valence-corrected chi connectivity index (χ0v) is 12.8. The Hall–Kier alpha value is -0.870. The third-order valence-corrected chi connectivity index (χ3v) is 5.03. The summed E-state index contributed by atoms with van der Waals surface area (Å²) in [5.41, 5.74) is 0.242. The summed E-state index contributed by atoms with van der Waals surface area (Å²) in [7, 11) is 0. The molecule has 0 bridgehead atoms. The highest BCUT2D eigenvalue weighted by Gasteiger charge is 2.54. The van der Waals surface area contributed by atoms with Crippen LogP contribution in [0.1, 0.15) is 52.9 Å². The van der Waals surface area contributed by atoms with Crippen LogP contribution in [0.15, 0.2) is 11.8 Å². The summed E-state index contributed by atoms with van der Waals surface area (Å²) in [5.74, 6) is -0.000106. The zero-order chi connectivity index (χ0) is 14.8. The van der Waals surface area contributed by atoms with Gasteiger partial charge in [0.1, 0.15) is 0 Å². The van der Waals surface area contributed by atoms with Crippen molar-refractivity contribution in [1.82, 2.24) is 0 Å². The van der Waals surface area contributed by atoms with Crippen molar-refractivity contribution < 1.29 is 19.4 Å². The van der Waals surface area contributed by atoms with Crippen LogP contribution in [0.4, 0.5) is 0 Å². The van der Waals surface area contributed by atoms with Crippen molar-refractivity contribution in [3.05, 3.63) is 11.8 Å². The third kappa shape index (κ3) is 2.40. The number of carbonyl (C=O) groups excluding carboxylic acids is 1. The van der Waals surface area contributed by atoms with E-state index in [2.05, 4.69) is 0 Å². The summed E-state index contributed by atoms with van der Waals surface area (Å²) in [6, 6.07) is 0. The van der Waals surface area contributed by atoms with E-state index in [0.29, 0.717) is 31.1 Å². The molecule has 20 heavy (non-hydrogen) atoms. The number of allylic oxidation sites excluding steroid dienone is 1. The fourth-order valence-corrected chi connectivity index (χ4v) is 3.77. The Bertz CT molecular complexity index is 395. The Morgan fingerprint density at radius 3 is 2.50 bits per heavy atom. The quantitative estimate of drug-likeness (QED) is 0.546. The van der Waals surface area contributed by atoms with Crippen LogP contribution in [0.3, 0.4) is 0 Å². The van der Waals surface area contributed by atoms with Gasteiger partial charge in [-0.1, -0.05) is 20.8 Å².